The van der Waals surface area contributed by atoms with E-state index in [0.717, 1.165) is 11.0 Å². The second kappa shape index (κ2) is 4.87. The highest BCUT2D eigenvalue weighted by Crippen LogP contribution is 2.36. The molecule has 1 aliphatic rings. The Hall–Kier alpha value is -0.945. The highest BCUT2D eigenvalue weighted by atomic mass is 16.7. The van der Waals surface area contributed by atoms with Gasteiger partial charge in [0.05, 0.1) is 23.5 Å². The number of nitrogens with two attached hydrogens (primary N) is 1. The summed E-state index contributed by atoms with van der Waals surface area (Å²) in [5, 5.41) is 9.48. The molecule has 0 saturated carbocycles. The Morgan fingerprint density at radius 2 is 1.84 bits per heavy atom. The number of nitrogens with zero attached hydrogens (tertiary/aromatic N) is 1. The molecule has 0 aromatic carbocycles. The largest absolute Gasteiger partial charge is 0.497 e. The van der Waals surface area contributed by atoms with E-state index in [1.54, 1.807) is 12.3 Å². The predicted octanol–water partition coefficient (Wildman–Crippen LogP) is 0.332. The van der Waals surface area contributed by atoms with Gasteiger partial charge in [0.1, 0.15) is 0 Å². The number of rotatable bonds is 3. The van der Waals surface area contributed by atoms with E-state index in [1.807, 2.05) is 27.7 Å². The lowest BCUT2D eigenvalue weighted by atomic mass is 9.74. The van der Waals surface area contributed by atoms with Crippen molar-refractivity contribution in [2.45, 2.75) is 52.0 Å². The van der Waals surface area contributed by atoms with Crippen molar-refractivity contribution in [3.8, 4) is 0 Å². The molecule has 0 atom stereocenters. The minimum atomic E-state index is -0.542. The maximum Gasteiger partial charge on any atom is 0.497 e. The average Bonchev–Trinajstić information content (AvgIpc) is 2.57. The number of pyridine rings is 1. The van der Waals surface area contributed by atoms with Crippen LogP contribution in [-0.2, 0) is 22.5 Å². The summed E-state index contributed by atoms with van der Waals surface area (Å²) in [5.41, 5.74) is 7.07. The Morgan fingerprint density at radius 1 is 1.26 bits per heavy atom. The molecule has 1 aromatic heterocycles. The van der Waals surface area contributed by atoms with Crippen molar-refractivity contribution in [2.75, 3.05) is 0 Å². The van der Waals surface area contributed by atoms with Gasteiger partial charge in [-0.3, -0.25) is 4.98 Å². The fourth-order valence-electron chi connectivity index (χ4n) is 2.11. The van der Waals surface area contributed by atoms with Crippen LogP contribution in [0.15, 0.2) is 12.3 Å². The van der Waals surface area contributed by atoms with E-state index < -0.39 is 18.3 Å². The first kappa shape index (κ1) is 14.5. The molecule has 19 heavy (non-hydrogen) atoms. The van der Waals surface area contributed by atoms with Gasteiger partial charge in [0.25, 0.3) is 0 Å². The van der Waals surface area contributed by atoms with Crippen LogP contribution in [0.4, 0.5) is 0 Å². The van der Waals surface area contributed by atoms with Crippen molar-refractivity contribution in [1.29, 1.82) is 0 Å². The van der Waals surface area contributed by atoms with Gasteiger partial charge in [-0.15, -0.1) is 0 Å². The summed E-state index contributed by atoms with van der Waals surface area (Å²) in [7, 11) is -0.542. The van der Waals surface area contributed by atoms with Crippen LogP contribution >= 0.6 is 0 Å². The molecule has 104 valence electrons. The van der Waals surface area contributed by atoms with Crippen LogP contribution in [0.2, 0.25) is 0 Å². The minimum absolute atomic E-state index is 0.0884. The van der Waals surface area contributed by atoms with Gasteiger partial charge >= 0.3 is 7.12 Å². The topological polar surface area (TPSA) is 77.6 Å². The van der Waals surface area contributed by atoms with Crippen LogP contribution < -0.4 is 11.2 Å². The van der Waals surface area contributed by atoms with E-state index in [1.165, 1.54) is 0 Å². The van der Waals surface area contributed by atoms with E-state index in [0.29, 0.717) is 5.69 Å². The molecule has 1 saturated heterocycles. The summed E-state index contributed by atoms with van der Waals surface area (Å²) >= 11 is 0. The highest BCUT2D eigenvalue weighted by molar-refractivity contribution is 6.63. The van der Waals surface area contributed by atoms with Gasteiger partial charge in [-0.25, -0.2) is 0 Å². The zero-order chi connectivity index (χ0) is 14.3. The molecular formula is C13H21BN2O3. The summed E-state index contributed by atoms with van der Waals surface area (Å²) in [6.45, 7) is 8.16. The Balaban J connectivity index is 2.44. The lowest BCUT2D eigenvalue weighted by Crippen LogP contribution is -2.41. The monoisotopic (exact) mass is 264 g/mol. The molecule has 6 heteroatoms. The lowest BCUT2D eigenvalue weighted by molar-refractivity contribution is 0.00578. The third kappa shape index (κ3) is 2.41. The van der Waals surface area contributed by atoms with Crippen molar-refractivity contribution in [2.24, 2.45) is 5.73 Å². The minimum Gasteiger partial charge on any atom is -0.399 e. The number of hydrogen-bond acceptors (Lipinski definition) is 5. The van der Waals surface area contributed by atoms with Gasteiger partial charge < -0.3 is 20.1 Å². The Labute approximate surface area is 114 Å². The zero-order valence-corrected chi connectivity index (χ0v) is 11.9. The molecule has 0 aliphatic carbocycles. The van der Waals surface area contributed by atoms with Gasteiger partial charge in [0.2, 0.25) is 0 Å². The first-order valence-corrected chi connectivity index (χ1v) is 6.45. The fraction of sp³-hybridized carbons (Fsp3) is 0.615. The Morgan fingerprint density at radius 3 is 2.32 bits per heavy atom. The van der Waals surface area contributed by atoms with Crippen LogP contribution in [0.25, 0.3) is 0 Å². The lowest BCUT2D eigenvalue weighted by Gasteiger charge is -2.32. The molecule has 1 aliphatic heterocycles. The van der Waals surface area contributed by atoms with Crippen molar-refractivity contribution in [3.05, 3.63) is 23.5 Å². The van der Waals surface area contributed by atoms with Crippen molar-refractivity contribution < 1.29 is 14.4 Å². The van der Waals surface area contributed by atoms with E-state index in [4.69, 9.17) is 15.0 Å². The summed E-state index contributed by atoms with van der Waals surface area (Å²) in [6.07, 6.45) is 1.64. The normalized spacial score (nSPS) is 20.8. The van der Waals surface area contributed by atoms with E-state index in [9.17, 15) is 5.11 Å². The van der Waals surface area contributed by atoms with Crippen LogP contribution in [0, 0.1) is 0 Å². The van der Waals surface area contributed by atoms with Crippen LogP contribution in [0.1, 0.15) is 39.0 Å². The molecule has 1 aromatic rings. The number of aliphatic hydroxyl groups is 1. The molecule has 2 heterocycles. The smallest absolute Gasteiger partial charge is 0.399 e. The van der Waals surface area contributed by atoms with Gasteiger partial charge in [-0.2, -0.15) is 0 Å². The second-order valence-electron chi connectivity index (χ2n) is 5.78. The average molecular weight is 264 g/mol. The van der Waals surface area contributed by atoms with Crippen LogP contribution in [-0.4, -0.2) is 28.4 Å². The number of hydrogen-bond donors (Lipinski definition) is 2. The second-order valence-corrected chi connectivity index (χ2v) is 5.78. The van der Waals surface area contributed by atoms with E-state index >= 15 is 0 Å². The van der Waals surface area contributed by atoms with Gasteiger partial charge in [0, 0.05) is 18.2 Å². The van der Waals surface area contributed by atoms with Crippen molar-refractivity contribution in [1.82, 2.24) is 4.98 Å². The van der Waals surface area contributed by atoms with Gasteiger partial charge in [-0.05, 0) is 39.3 Å². The van der Waals surface area contributed by atoms with Crippen molar-refractivity contribution >= 4 is 12.6 Å². The molecule has 0 spiro atoms. The molecule has 0 unspecified atom stereocenters. The molecule has 0 radical (unpaired) electrons. The third-order valence-electron chi connectivity index (χ3n) is 4.02. The SMILES string of the molecule is CC1(C)OB(c2c(CO)ccnc2CN)OC1(C)C. The first-order valence-electron chi connectivity index (χ1n) is 6.45. The summed E-state index contributed by atoms with van der Waals surface area (Å²) in [4.78, 5) is 4.25. The van der Waals surface area contributed by atoms with Gasteiger partial charge in [-0.1, -0.05) is 0 Å². The molecule has 2 rings (SSSR count). The maximum absolute atomic E-state index is 9.48. The van der Waals surface area contributed by atoms with Crippen LogP contribution in [0.3, 0.4) is 0 Å². The highest BCUT2D eigenvalue weighted by Gasteiger charge is 2.52. The predicted molar refractivity (Wildman–Crippen MR) is 73.8 cm³/mol. The first-order chi connectivity index (χ1) is 8.82. The van der Waals surface area contributed by atoms with Crippen LogP contribution in [0.5, 0.6) is 0 Å². The molecule has 5 nitrogen and oxygen atoms in total. The number of aromatic nitrogens is 1. The maximum atomic E-state index is 9.48. The third-order valence-corrected chi connectivity index (χ3v) is 4.02. The molecular weight excluding hydrogens is 243 g/mol. The standard InChI is InChI=1S/C13H21BN2O3/c1-12(2)13(3,4)19-14(18-12)11-9(8-17)5-6-16-10(11)7-15/h5-6,17H,7-8,15H2,1-4H3. The Bertz CT molecular complexity index is 439. The summed E-state index contributed by atoms with van der Waals surface area (Å²) in [6, 6.07) is 1.76. The van der Waals surface area contributed by atoms with E-state index in [2.05, 4.69) is 4.98 Å². The molecule has 1 fully saturated rings. The fourth-order valence-corrected chi connectivity index (χ4v) is 2.11. The van der Waals surface area contributed by atoms with E-state index in [-0.39, 0.29) is 13.2 Å². The zero-order valence-electron chi connectivity index (χ0n) is 11.9. The Kier molecular flexibility index (Phi) is 3.70. The van der Waals surface area contributed by atoms with Gasteiger partial charge in [0.15, 0.2) is 0 Å². The molecule has 0 bridgehead atoms. The quantitative estimate of drug-likeness (QED) is 0.769. The van der Waals surface area contributed by atoms with Crippen molar-refractivity contribution in [3.63, 3.8) is 0 Å². The molecule has 0 amide bonds. The molecule has 3 N–H and O–H groups in total. The summed E-state index contributed by atoms with van der Waals surface area (Å²) in [5.74, 6) is 0. The number of aliphatic hydroxyl groups excluding tert-OH is 1. The summed E-state index contributed by atoms with van der Waals surface area (Å²) < 4.78 is 12.0.